The highest BCUT2D eigenvalue weighted by Crippen LogP contribution is 2.44. The van der Waals surface area contributed by atoms with Crippen LogP contribution in [0.5, 0.6) is 0 Å². The number of nitrogens with one attached hydrogen (secondary N) is 1. The van der Waals surface area contributed by atoms with Gasteiger partial charge in [0.2, 0.25) is 0 Å². The molecule has 1 aliphatic rings. The first-order valence-electron chi connectivity index (χ1n) is 6.15. The number of aryl methyl sites for hydroxylation is 1. The van der Waals surface area contributed by atoms with Crippen LogP contribution in [0.1, 0.15) is 24.5 Å². The first-order valence-corrected chi connectivity index (χ1v) is 6.94. The van der Waals surface area contributed by atoms with Gasteiger partial charge in [0.1, 0.15) is 11.5 Å². The van der Waals surface area contributed by atoms with Gasteiger partial charge in [0.15, 0.2) is 11.6 Å². The zero-order valence-corrected chi connectivity index (χ0v) is 12.3. The molecule has 0 bridgehead atoms. The molecule has 1 fully saturated rings. The van der Waals surface area contributed by atoms with E-state index in [0.29, 0.717) is 16.0 Å². The molecular weight excluding hydrogens is 311 g/mol. The van der Waals surface area contributed by atoms with Crippen molar-refractivity contribution in [2.24, 2.45) is 0 Å². The lowest BCUT2D eigenvalue weighted by atomic mass is 10.2. The first-order chi connectivity index (χ1) is 9.07. The summed E-state index contributed by atoms with van der Waals surface area (Å²) in [4.78, 5) is 4.47. The average molecular weight is 325 g/mol. The molecule has 2 aromatic rings. The molecule has 100 valence electrons. The molecule has 6 heteroatoms. The van der Waals surface area contributed by atoms with E-state index in [1.165, 1.54) is 0 Å². The average Bonchev–Trinajstić information content (AvgIpc) is 3.10. The van der Waals surface area contributed by atoms with Crippen molar-refractivity contribution in [3.63, 3.8) is 0 Å². The minimum absolute atomic E-state index is 0.157. The number of halogens is 2. The Morgan fingerprint density at radius 3 is 2.79 bits per heavy atom. The maximum Gasteiger partial charge on any atom is 0.163 e. The fourth-order valence-electron chi connectivity index (χ4n) is 2.26. The third kappa shape index (κ3) is 1.99. The molecule has 1 saturated carbocycles. The van der Waals surface area contributed by atoms with Gasteiger partial charge in [-0.2, -0.15) is 5.10 Å². The third-order valence-corrected chi connectivity index (χ3v) is 4.14. The molecule has 3 rings (SSSR count). The topological polar surface area (TPSA) is 42.7 Å². The van der Waals surface area contributed by atoms with E-state index in [4.69, 9.17) is 0 Å². The Bertz CT molecular complexity index is 634. The van der Waals surface area contributed by atoms with Crippen LogP contribution in [0.3, 0.4) is 0 Å². The SMILES string of the molecule is CNC1(c2nc(C)nn2-c2cccc(Br)c2F)CC1. The number of nitrogens with zero attached hydrogens (tertiary/aromatic N) is 3. The summed E-state index contributed by atoms with van der Waals surface area (Å²) in [6.45, 7) is 1.82. The lowest BCUT2D eigenvalue weighted by Gasteiger charge is -2.15. The maximum absolute atomic E-state index is 14.2. The van der Waals surface area contributed by atoms with Gasteiger partial charge in [-0.3, -0.25) is 0 Å². The van der Waals surface area contributed by atoms with Crippen molar-refractivity contribution in [1.82, 2.24) is 20.1 Å². The normalized spacial score (nSPS) is 16.6. The maximum atomic E-state index is 14.2. The molecule has 1 N–H and O–H groups in total. The lowest BCUT2D eigenvalue weighted by Crippen LogP contribution is -2.28. The number of hydrogen-bond donors (Lipinski definition) is 1. The summed E-state index contributed by atoms with van der Waals surface area (Å²) in [6.07, 6.45) is 1.99. The summed E-state index contributed by atoms with van der Waals surface area (Å²) in [5.74, 6) is 1.11. The Hall–Kier alpha value is -1.27. The molecule has 0 unspecified atom stereocenters. The van der Waals surface area contributed by atoms with Crippen molar-refractivity contribution in [3.05, 3.63) is 40.1 Å². The fourth-order valence-corrected chi connectivity index (χ4v) is 2.61. The molecule has 0 radical (unpaired) electrons. The van der Waals surface area contributed by atoms with E-state index in [2.05, 4.69) is 31.3 Å². The minimum atomic E-state index is -0.319. The molecule has 0 spiro atoms. The van der Waals surface area contributed by atoms with E-state index < -0.39 is 0 Å². The number of aromatic nitrogens is 3. The zero-order valence-electron chi connectivity index (χ0n) is 10.7. The molecule has 0 aliphatic heterocycles. The van der Waals surface area contributed by atoms with Crippen molar-refractivity contribution in [2.75, 3.05) is 7.05 Å². The summed E-state index contributed by atoms with van der Waals surface area (Å²) < 4.78 is 16.3. The predicted octanol–water partition coefficient (Wildman–Crippen LogP) is 2.69. The van der Waals surface area contributed by atoms with Crippen molar-refractivity contribution in [1.29, 1.82) is 0 Å². The summed E-state index contributed by atoms with van der Waals surface area (Å²) in [6, 6.07) is 5.18. The number of hydrogen-bond acceptors (Lipinski definition) is 3. The van der Waals surface area contributed by atoms with Gasteiger partial charge in [-0.05, 0) is 54.9 Å². The summed E-state index contributed by atoms with van der Waals surface area (Å²) in [5, 5.41) is 7.61. The largest absolute Gasteiger partial charge is 0.308 e. The number of benzene rings is 1. The van der Waals surface area contributed by atoms with Crippen molar-refractivity contribution < 1.29 is 4.39 Å². The van der Waals surface area contributed by atoms with E-state index in [0.717, 1.165) is 18.7 Å². The fraction of sp³-hybridized carbons (Fsp3) is 0.385. The highest BCUT2D eigenvalue weighted by Gasteiger charge is 2.47. The van der Waals surface area contributed by atoms with Crippen LogP contribution in [0.25, 0.3) is 5.69 Å². The van der Waals surface area contributed by atoms with E-state index in [9.17, 15) is 4.39 Å². The second-order valence-corrected chi connectivity index (χ2v) is 5.65. The van der Waals surface area contributed by atoms with Gasteiger partial charge in [0.05, 0.1) is 10.0 Å². The minimum Gasteiger partial charge on any atom is -0.308 e. The van der Waals surface area contributed by atoms with Crippen molar-refractivity contribution >= 4 is 15.9 Å². The summed E-state index contributed by atoms with van der Waals surface area (Å²) >= 11 is 3.21. The van der Waals surface area contributed by atoms with Gasteiger partial charge in [-0.15, -0.1) is 0 Å². The van der Waals surface area contributed by atoms with Crippen LogP contribution in [-0.4, -0.2) is 21.8 Å². The molecule has 1 aromatic heterocycles. The summed E-state index contributed by atoms with van der Waals surface area (Å²) in [5.41, 5.74) is 0.266. The molecule has 0 saturated heterocycles. The van der Waals surface area contributed by atoms with Gasteiger partial charge >= 0.3 is 0 Å². The Balaban J connectivity index is 2.18. The molecule has 0 atom stereocenters. The van der Waals surface area contributed by atoms with Gasteiger partial charge in [-0.1, -0.05) is 6.07 Å². The second kappa shape index (κ2) is 4.38. The Labute approximate surface area is 119 Å². The Morgan fingerprint density at radius 2 is 2.16 bits per heavy atom. The van der Waals surface area contributed by atoms with Crippen LogP contribution < -0.4 is 5.32 Å². The van der Waals surface area contributed by atoms with Crippen LogP contribution in [0.2, 0.25) is 0 Å². The van der Waals surface area contributed by atoms with Gasteiger partial charge in [0.25, 0.3) is 0 Å². The van der Waals surface area contributed by atoms with E-state index in [1.807, 2.05) is 14.0 Å². The van der Waals surface area contributed by atoms with Crippen molar-refractivity contribution in [3.8, 4) is 5.69 Å². The van der Waals surface area contributed by atoms with Crippen molar-refractivity contribution in [2.45, 2.75) is 25.3 Å². The molecule has 4 nitrogen and oxygen atoms in total. The standard InChI is InChI=1S/C13H14BrFN4/c1-8-17-12(13(16-2)6-7-13)19(18-8)10-5-3-4-9(14)11(10)15/h3-5,16H,6-7H2,1-2H3. The van der Waals surface area contributed by atoms with Crippen LogP contribution in [0, 0.1) is 12.7 Å². The Morgan fingerprint density at radius 1 is 1.42 bits per heavy atom. The van der Waals surface area contributed by atoms with Crippen LogP contribution in [0.15, 0.2) is 22.7 Å². The van der Waals surface area contributed by atoms with Crippen LogP contribution >= 0.6 is 15.9 Å². The molecule has 19 heavy (non-hydrogen) atoms. The van der Waals surface area contributed by atoms with E-state index in [1.54, 1.807) is 22.9 Å². The van der Waals surface area contributed by atoms with E-state index >= 15 is 0 Å². The molecule has 1 aromatic carbocycles. The van der Waals surface area contributed by atoms with Gasteiger partial charge in [0, 0.05) is 0 Å². The third-order valence-electron chi connectivity index (χ3n) is 3.53. The first kappa shape index (κ1) is 12.7. The van der Waals surface area contributed by atoms with E-state index in [-0.39, 0.29) is 11.4 Å². The monoisotopic (exact) mass is 324 g/mol. The van der Waals surface area contributed by atoms with Crippen LogP contribution in [-0.2, 0) is 5.54 Å². The molecule has 1 heterocycles. The van der Waals surface area contributed by atoms with Crippen LogP contribution in [0.4, 0.5) is 4.39 Å². The zero-order chi connectivity index (χ0) is 13.6. The molecule has 1 aliphatic carbocycles. The smallest absolute Gasteiger partial charge is 0.163 e. The van der Waals surface area contributed by atoms with Gasteiger partial charge in [-0.25, -0.2) is 14.1 Å². The summed E-state index contributed by atoms with van der Waals surface area (Å²) in [7, 11) is 1.90. The highest BCUT2D eigenvalue weighted by molar-refractivity contribution is 9.10. The molecular formula is C13H14BrFN4. The molecule has 0 amide bonds. The number of rotatable bonds is 3. The second-order valence-electron chi connectivity index (χ2n) is 4.80. The van der Waals surface area contributed by atoms with Gasteiger partial charge < -0.3 is 5.32 Å². The lowest BCUT2D eigenvalue weighted by molar-refractivity contribution is 0.520. The Kier molecular flexibility index (Phi) is 2.94. The quantitative estimate of drug-likeness (QED) is 0.943. The highest BCUT2D eigenvalue weighted by atomic mass is 79.9. The predicted molar refractivity (Wildman–Crippen MR) is 73.7 cm³/mol.